The normalized spacial score (nSPS) is 13.2. The maximum atomic E-state index is 13.1. The number of hydrogen-bond donors (Lipinski definition) is 1. The molecule has 1 N–H and O–H groups in total. The molecular weight excluding hydrogens is 352 g/mol. The van der Waals surface area contributed by atoms with Gasteiger partial charge in [0.15, 0.2) is 0 Å². The first kappa shape index (κ1) is 20.0. The van der Waals surface area contributed by atoms with Gasteiger partial charge in [-0.05, 0) is 43.5 Å². The summed E-state index contributed by atoms with van der Waals surface area (Å²) in [5.74, 6) is 0.0167. The van der Waals surface area contributed by atoms with E-state index < -0.39 is 0 Å². The van der Waals surface area contributed by atoms with E-state index in [1.54, 1.807) is 4.90 Å². The maximum absolute atomic E-state index is 13.1. The standard InChI is InChI=1S/C22H30N4O2/c1-3-4-15-25(22(28)23-18-9-6-5-7-10-18)17-21(27)26(19-12-13-19)16-20-11-8-14-24(20)2/h5-11,14,19H,3-4,12-13,15-17H2,1-2H3,(H,23,28). The van der Waals surface area contributed by atoms with Gasteiger partial charge in [-0.1, -0.05) is 31.5 Å². The molecule has 0 atom stereocenters. The van der Waals surface area contributed by atoms with Crippen molar-refractivity contribution in [2.75, 3.05) is 18.4 Å². The summed E-state index contributed by atoms with van der Waals surface area (Å²) in [6.07, 6.45) is 5.92. The van der Waals surface area contributed by atoms with E-state index in [4.69, 9.17) is 0 Å². The molecule has 0 saturated heterocycles. The summed E-state index contributed by atoms with van der Waals surface area (Å²) in [4.78, 5) is 29.4. The lowest BCUT2D eigenvalue weighted by Gasteiger charge is -2.28. The van der Waals surface area contributed by atoms with Crippen molar-refractivity contribution in [2.24, 2.45) is 7.05 Å². The number of nitrogens with zero attached hydrogens (tertiary/aromatic N) is 3. The van der Waals surface area contributed by atoms with Gasteiger partial charge in [0, 0.05) is 37.2 Å². The first-order valence-corrected chi connectivity index (χ1v) is 10.1. The molecule has 1 fully saturated rings. The number of urea groups is 1. The van der Waals surface area contributed by atoms with Gasteiger partial charge in [0.05, 0.1) is 6.54 Å². The van der Waals surface area contributed by atoms with E-state index in [2.05, 4.69) is 12.2 Å². The zero-order chi connectivity index (χ0) is 19.9. The Morgan fingerprint density at radius 3 is 2.50 bits per heavy atom. The number of nitrogens with one attached hydrogen (secondary N) is 1. The number of aryl methyl sites for hydroxylation is 1. The largest absolute Gasteiger partial charge is 0.353 e. The van der Waals surface area contributed by atoms with Crippen LogP contribution in [0.3, 0.4) is 0 Å². The highest BCUT2D eigenvalue weighted by molar-refractivity contribution is 5.92. The van der Waals surface area contributed by atoms with E-state index in [9.17, 15) is 9.59 Å². The molecule has 1 saturated carbocycles. The van der Waals surface area contributed by atoms with Crippen LogP contribution in [0.2, 0.25) is 0 Å². The maximum Gasteiger partial charge on any atom is 0.322 e. The molecule has 0 spiro atoms. The summed E-state index contributed by atoms with van der Waals surface area (Å²) < 4.78 is 2.04. The van der Waals surface area contributed by atoms with Gasteiger partial charge < -0.3 is 19.7 Å². The van der Waals surface area contributed by atoms with Crippen LogP contribution in [-0.2, 0) is 18.4 Å². The zero-order valence-electron chi connectivity index (χ0n) is 16.8. The van der Waals surface area contributed by atoms with Crippen molar-refractivity contribution in [2.45, 2.75) is 45.2 Å². The van der Waals surface area contributed by atoms with Crippen molar-refractivity contribution in [3.05, 3.63) is 54.4 Å². The average molecular weight is 383 g/mol. The Kier molecular flexibility index (Phi) is 6.74. The third kappa shape index (κ3) is 5.38. The molecule has 0 radical (unpaired) electrons. The second-order valence-electron chi connectivity index (χ2n) is 7.43. The van der Waals surface area contributed by atoms with Gasteiger partial charge in [-0.3, -0.25) is 4.79 Å². The van der Waals surface area contributed by atoms with Crippen molar-refractivity contribution in [3.63, 3.8) is 0 Å². The minimum absolute atomic E-state index is 0.0167. The van der Waals surface area contributed by atoms with Crippen LogP contribution < -0.4 is 5.32 Å². The van der Waals surface area contributed by atoms with Gasteiger partial charge in [-0.2, -0.15) is 0 Å². The lowest BCUT2D eigenvalue weighted by molar-refractivity contribution is -0.133. The number of para-hydroxylation sites is 1. The molecule has 1 aliphatic rings. The van der Waals surface area contributed by atoms with Gasteiger partial charge >= 0.3 is 6.03 Å². The summed E-state index contributed by atoms with van der Waals surface area (Å²) in [5, 5.41) is 2.91. The summed E-state index contributed by atoms with van der Waals surface area (Å²) >= 11 is 0. The molecule has 1 aromatic carbocycles. The number of amides is 3. The summed E-state index contributed by atoms with van der Waals surface area (Å²) in [5.41, 5.74) is 1.85. The molecule has 6 heteroatoms. The average Bonchev–Trinajstić information content (AvgIpc) is 3.45. The highest BCUT2D eigenvalue weighted by Gasteiger charge is 2.34. The molecule has 1 heterocycles. The second kappa shape index (κ2) is 9.44. The summed E-state index contributed by atoms with van der Waals surface area (Å²) in [6, 6.07) is 13.5. The highest BCUT2D eigenvalue weighted by Crippen LogP contribution is 2.28. The topological polar surface area (TPSA) is 57.6 Å². The van der Waals surface area contributed by atoms with Crippen molar-refractivity contribution >= 4 is 17.6 Å². The Labute approximate surface area is 167 Å². The van der Waals surface area contributed by atoms with E-state index in [-0.39, 0.29) is 18.5 Å². The third-order valence-electron chi connectivity index (χ3n) is 5.11. The van der Waals surface area contributed by atoms with Crippen LogP contribution in [-0.4, -0.2) is 45.4 Å². The van der Waals surface area contributed by atoms with E-state index in [1.165, 1.54) is 0 Å². The predicted molar refractivity (Wildman–Crippen MR) is 111 cm³/mol. The van der Waals surface area contributed by atoms with E-state index >= 15 is 0 Å². The zero-order valence-corrected chi connectivity index (χ0v) is 16.8. The van der Waals surface area contributed by atoms with Gasteiger partial charge in [-0.15, -0.1) is 0 Å². The van der Waals surface area contributed by atoms with Crippen LogP contribution in [0.4, 0.5) is 10.5 Å². The molecule has 3 rings (SSSR count). The first-order chi connectivity index (χ1) is 13.6. The highest BCUT2D eigenvalue weighted by atomic mass is 16.2. The van der Waals surface area contributed by atoms with Crippen LogP contribution in [0, 0.1) is 0 Å². The Hall–Kier alpha value is -2.76. The Morgan fingerprint density at radius 2 is 1.89 bits per heavy atom. The molecular formula is C22H30N4O2. The third-order valence-corrected chi connectivity index (χ3v) is 5.11. The van der Waals surface area contributed by atoms with Crippen LogP contribution >= 0.6 is 0 Å². The minimum atomic E-state index is -0.220. The van der Waals surface area contributed by atoms with E-state index in [0.29, 0.717) is 19.1 Å². The molecule has 2 aromatic rings. The Morgan fingerprint density at radius 1 is 1.14 bits per heavy atom. The number of anilines is 1. The molecule has 1 aromatic heterocycles. The van der Waals surface area contributed by atoms with Crippen LogP contribution in [0.5, 0.6) is 0 Å². The van der Waals surface area contributed by atoms with Crippen LogP contribution in [0.1, 0.15) is 38.3 Å². The lowest BCUT2D eigenvalue weighted by Crippen LogP contribution is -2.45. The molecule has 0 aliphatic heterocycles. The number of hydrogen-bond acceptors (Lipinski definition) is 2. The minimum Gasteiger partial charge on any atom is -0.353 e. The van der Waals surface area contributed by atoms with E-state index in [1.807, 2.05) is 65.2 Å². The Bertz CT molecular complexity index is 783. The van der Waals surface area contributed by atoms with Crippen molar-refractivity contribution in [3.8, 4) is 0 Å². The molecule has 6 nitrogen and oxygen atoms in total. The van der Waals surface area contributed by atoms with Crippen molar-refractivity contribution < 1.29 is 9.59 Å². The van der Waals surface area contributed by atoms with Crippen LogP contribution in [0.15, 0.2) is 48.7 Å². The van der Waals surface area contributed by atoms with E-state index in [0.717, 1.165) is 37.1 Å². The quantitative estimate of drug-likeness (QED) is 0.716. The number of rotatable bonds is 9. The number of carbonyl (C=O) groups is 2. The number of aromatic nitrogens is 1. The molecule has 1 aliphatic carbocycles. The molecule has 0 unspecified atom stereocenters. The van der Waals surface area contributed by atoms with Crippen LogP contribution in [0.25, 0.3) is 0 Å². The number of carbonyl (C=O) groups excluding carboxylic acids is 2. The van der Waals surface area contributed by atoms with Crippen molar-refractivity contribution in [1.29, 1.82) is 0 Å². The summed E-state index contributed by atoms with van der Waals surface area (Å²) in [7, 11) is 1.99. The Balaban J connectivity index is 1.66. The predicted octanol–water partition coefficient (Wildman–Crippen LogP) is 3.85. The van der Waals surface area contributed by atoms with Gasteiger partial charge in [0.1, 0.15) is 6.54 Å². The van der Waals surface area contributed by atoms with Crippen molar-refractivity contribution in [1.82, 2.24) is 14.4 Å². The smallest absolute Gasteiger partial charge is 0.322 e. The fraction of sp³-hybridized carbons (Fsp3) is 0.455. The van der Waals surface area contributed by atoms with Gasteiger partial charge in [0.25, 0.3) is 0 Å². The number of benzene rings is 1. The van der Waals surface area contributed by atoms with Gasteiger partial charge in [-0.25, -0.2) is 4.79 Å². The molecule has 3 amide bonds. The van der Waals surface area contributed by atoms with Gasteiger partial charge in [0.2, 0.25) is 5.91 Å². The first-order valence-electron chi connectivity index (χ1n) is 10.1. The monoisotopic (exact) mass is 382 g/mol. The molecule has 150 valence electrons. The fourth-order valence-electron chi connectivity index (χ4n) is 3.22. The lowest BCUT2D eigenvalue weighted by atomic mass is 10.3. The fourth-order valence-corrected chi connectivity index (χ4v) is 3.22. The molecule has 0 bridgehead atoms. The molecule has 28 heavy (non-hydrogen) atoms. The summed E-state index contributed by atoms with van der Waals surface area (Å²) in [6.45, 7) is 3.36. The number of unbranched alkanes of at least 4 members (excludes halogenated alkanes) is 1. The second-order valence-corrected chi connectivity index (χ2v) is 7.43. The SMILES string of the molecule is CCCCN(CC(=O)N(Cc1cccn1C)C1CC1)C(=O)Nc1ccccc1.